The van der Waals surface area contributed by atoms with Crippen molar-refractivity contribution in [2.24, 2.45) is 0 Å². The number of aryl methyl sites for hydroxylation is 1. The Balaban J connectivity index is 2.18. The van der Waals surface area contributed by atoms with Gasteiger partial charge in [-0.15, -0.1) is 0 Å². The number of aliphatic hydroxyl groups is 1. The lowest BCUT2D eigenvalue weighted by Gasteiger charge is -2.17. The summed E-state index contributed by atoms with van der Waals surface area (Å²) >= 11 is 0. The van der Waals surface area contributed by atoms with Crippen molar-refractivity contribution in [3.05, 3.63) is 59.7 Å². The van der Waals surface area contributed by atoms with Gasteiger partial charge in [0.15, 0.2) is 9.84 Å². The Morgan fingerprint density at radius 3 is 2.41 bits per heavy atom. The van der Waals surface area contributed by atoms with Crippen LogP contribution >= 0.6 is 0 Å². The van der Waals surface area contributed by atoms with E-state index in [0.717, 1.165) is 11.1 Å². The molecule has 0 spiro atoms. The normalized spacial score (nSPS) is 12.9. The smallest absolute Gasteiger partial charge is 0.180 e. The highest BCUT2D eigenvalue weighted by Gasteiger charge is 2.17. The predicted molar refractivity (Wildman–Crippen MR) is 88.8 cm³/mol. The van der Waals surface area contributed by atoms with Gasteiger partial charge in [-0.05, 0) is 30.2 Å². The molecule has 0 aliphatic heterocycles. The Kier molecular flexibility index (Phi) is 5.21. The molecule has 22 heavy (non-hydrogen) atoms. The zero-order valence-corrected chi connectivity index (χ0v) is 13.6. The van der Waals surface area contributed by atoms with Crippen LogP contribution in [0, 0.1) is 6.92 Å². The molecule has 0 aliphatic rings. The van der Waals surface area contributed by atoms with Crippen LogP contribution in [0.25, 0.3) is 0 Å². The number of sulfone groups is 1. The lowest BCUT2D eigenvalue weighted by Crippen LogP contribution is -2.15. The maximum atomic E-state index is 12.1. The van der Waals surface area contributed by atoms with Crippen molar-refractivity contribution in [2.75, 3.05) is 17.6 Å². The summed E-state index contributed by atoms with van der Waals surface area (Å²) in [5.41, 5.74) is 2.37. The van der Waals surface area contributed by atoms with Crippen molar-refractivity contribution in [3.63, 3.8) is 0 Å². The minimum Gasteiger partial charge on any atom is -0.387 e. The van der Waals surface area contributed by atoms with Crippen molar-refractivity contribution in [1.82, 2.24) is 0 Å². The fraction of sp³-hybridized carbons (Fsp3) is 0.294. The zero-order chi connectivity index (χ0) is 16.2. The molecule has 2 aromatic rings. The van der Waals surface area contributed by atoms with Crippen molar-refractivity contribution < 1.29 is 13.5 Å². The summed E-state index contributed by atoms with van der Waals surface area (Å²) in [5.74, 6) is 0.0477. The molecule has 2 rings (SSSR count). The third-order valence-corrected chi connectivity index (χ3v) is 5.42. The highest BCUT2D eigenvalue weighted by atomic mass is 32.2. The van der Waals surface area contributed by atoms with E-state index in [0.29, 0.717) is 5.69 Å². The molecule has 1 atom stereocenters. The van der Waals surface area contributed by atoms with Gasteiger partial charge in [0.2, 0.25) is 0 Å². The van der Waals surface area contributed by atoms with Crippen molar-refractivity contribution in [3.8, 4) is 0 Å². The zero-order valence-electron chi connectivity index (χ0n) is 12.8. The Morgan fingerprint density at radius 1 is 1.09 bits per heavy atom. The molecule has 0 amide bonds. The number of anilines is 1. The SMILES string of the molecule is CCS(=O)(=O)c1ccccc1NC[C@H](O)c1ccccc1C. The van der Waals surface area contributed by atoms with Crippen molar-refractivity contribution in [1.29, 1.82) is 0 Å². The molecule has 0 unspecified atom stereocenters. The molecular weight excluding hydrogens is 298 g/mol. The number of aliphatic hydroxyl groups excluding tert-OH is 1. The first-order valence-corrected chi connectivity index (χ1v) is 8.90. The predicted octanol–water partition coefficient (Wildman–Crippen LogP) is 2.93. The lowest BCUT2D eigenvalue weighted by molar-refractivity contribution is 0.191. The number of rotatable bonds is 6. The second-order valence-electron chi connectivity index (χ2n) is 5.15. The van der Waals surface area contributed by atoms with Crippen LogP contribution in [-0.4, -0.2) is 25.8 Å². The quantitative estimate of drug-likeness (QED) is 0.859. The monoisotopic (exact) mass is 319 g/mol. The summed E-state index contributed by atoms with van der Waals surface area (Å²) in [7, 11) is -3.29. The summed E-state index contributed by atoms with van der Waals surface area (Å²) in [5, 5.41) is 13.4. The number of benzene rings is 2. The van der Waals surface area contributed by atoms with Crippen molar-refractivity contribution >= 4 is 15.5 Å². The largest absolute Gasteiger partial charge is 0.387 e. The van der Waals surface area contributed by atoms with E-state index in [4.69, 9.17) is 0 Å². The first-order valence-electron chi connectivity index (χ1n) is 7.25. The highest BCUT2D eigenvalue weighted by molar-refractivity contribution is 7.91. The Hall–Kier alpha value is -1.85. The van der Waals surface area contributed by atoms with E-state index in [1.807, 2.05) is 31.2 Å². The molecule has 4 nitrogen and oxygen atoms in total. The molecule has 0 aromatic heterocycles. The molecule has 5 heteroatoms. The summed E-state index contributed by atoms with van der Waals surface area (Å²) in [6.07, 6.45) is -0.696. The van der Waals surface area contributed by atoms with E-state index in [1.165, 1.54) is 0 Å². The van der Waals surface area contributed by atoms with Gasteiger partial charge in [-0.2, -0.15) is 0 Å². The van der Waals surface area contributed by atoms with Crippen LogP contribution in [0.5, 0.6) is 0 Å². The third-order valence-electron chi connectivity index (χ3n) is 3.64. The first-order chi connectivity index (χ1) is 10.5. The van der Waals surface area contributed by atoms with E-state index in [2.05, 4.69) is 5.32 Å². The average Bonchev–Trinajstić information content (AvgIpc) is 2.53. The molecule has 0 saturated carbocycles. The topological polar surface area (TPSA) is 66.4 Å². The van der Waals surface area contributed by atoms with E-state index in [1.54, 1.807) is 31.2 Å². The second-order valence-corrected chi connectivity index (χ2v) is 7.40. The second kappa shape index (κ2) is 6.94. The molecule has 0 heterocycles. The highest BCUT2D eigenvalue weighted by Crippen LogP contribution is 2.24. The fourth-order valence-electron chi connectivity index (χ4n) is 2.32. The van der Waals surface area contributed by atoms with Crippen LogP contribution in [-0.2, 0) is 9.84 Å². The van der Waals surface area contributed by atoms with Gasteiger partial charge in [0.25, 0.3) is 0 Å². The number of nitrogens with one attached hydrogen (secondary N) is 1. The van der Waals surface area contributed by atoms with Crippen LogP contribution in [0.2, 0.25) is 0 Å². The van der Waals surface area contributed by atoms with Gasteiger partial charge in [-0.3, -0.25) is 0 Å². The molecule has 2 aromatic carbocycles. The van der Waals surface area contributed by atoms with E-state index >= 15 is 0 Å². The molecule has 0 bridgehead atoms. The van der Waals surface area contributed by atoms with E-state index < -0.39 is 15.9 Å². The molecule has 0 radical (unpaired) electrons. The molecule has 118 valence electrons. The maximum absolute atomic E-state index is 12.1. The van der Waals surface area contributed by atoms with Gasteiger partial charge < -0.3 is 10.4 Å². The van der Waals surface area contributed by atoms with Gasteiger partial charge in [-0.1, -0.05) is 43.3 Å². The molecule has 0 aliphatic carbocycles. The number of para-hydroxylation sites is 1. The van der Waals surface area contributed by atoms with E-state index in [9.17, 15) is 13.5 Å². The standard InChI is InChI=1S/C17H21NO3S/c1-3-22(20,21)17-11-7-6-10-15(17)18-12-16(19)14-9-5-4-8-13(14)2/h4-11,16,18-19H,3,12H2,1-2H3/t16-/m0/s1. The lowest BCUT2D eigenvalue weighted by atomic mass is 10.0. The summed E-state index contributed by atoms with van der Waals surface area (Å²) in [6, 6.07) is 14.4. The van der Waals surface area contributed by atoms with Crippen LogP contribution in [0.3, 0.4) is 0 Å². The number of hydrogen-bond donors (Lipinski definition) is 2. The van der Waals surface area contributed by atoms with Gasteiger partial charge in [0.1, 0.15) is 0 Å². The minimum absolute atomic E-state index is 0.0477. The number of hydrogen-bond acceptors (Lipinski definition) is 4. The van der Waals surface area contributed by atoms with Crippen LogP contribution in [0.15, 0.2) is 53.4 Å². The fourth-order valence-corrected chi connectivity index (χ4v) is 3.39. The summed E-state index contributed by atoms with van der Waals surface area (Å²) in [4.78, 5) is 0.273. The Labute approximate surface area is 131 Å². The third kappa shape index (κ3) is 3.67. The molecule has 0 saturated heterocycles. The maximum Gasteiger partial charge on any atom is 0.180 e. The van der Waals surface area contributed by atoms with Gasteiger partial charge in [-0.25, -0.2) is 8.42 Å². The van der Waals surface area contributed by atoms with E-state index in [-0.39, 0.29) is 17.2 Å². The van der Waals surface area contributed by atoms with Gasteiger partial charge in [0.05, 0.1) is 22.4 Å². The minimum atomic E-state index is -3.29. The van der Waals surface area contributed by atoms with Crippen LogP contribution < -0.4 is 5.32 Å². The van der Waals surface area contributed by atoms with Crippen molar-refractivity contribution in [2.45, 2.75) is 24.8 Å². The first kappa shape index (κ1) is 16.5. The average molecular weight is 319 g/mol. The van der Waals surface area contributed by atoms with Gasteiger partial charge >= 0.3 is 0 Å². The Bertz CT molecular complexity index is 741. The van der Waals surface area contributed by atoms with Crippen LogP contribution in [0.1, 0.15) is 24.2 Å². The summed E-state index contributed by atoms with van der Waals surface area (Å²) < 4.78 is 24.2. The Morgan fingerprint density at radius 2 is 1.73 bits per heavy atom. The van der Waals surface area contributed by atoms with Crippen LogP contribution in [0.4, 0.5) is 5.69 Å². The summed E-state index contributed by atoms with van der Waals surface area (Å²) in [6.45, 7) is 3.81. The molecule has 2 N–H and O–H groups in total. The molecule has 0 fully saturated rings. The van der Waals surface area contributed by atoms with Gasteiger partial charge in [0, 0.05) is 6.54 Å². The molecular formula is C17H21NO3S.